The van der Waals surface area contributed by atoms with Crippen LogP contribution in [0.25, 0.3) is 0 Å². The van der Waals surface area contributed by atoms with Crippen LogP contribution in [0.4, 0.5) is 0 Å². The highest BCUT2D eigenvalue weighted by Crippen LogP contribution is 2.46. The third-order valence-electron chi connectivity index (χ3n) is 4.50. The van der Waals surface area contributed by atoms with Gasteiger partial charge in [-0.2, -0.15) is 0 Å². The number of aliphatic hydroxyl groups excluding tert-OH is 3. The van der Waals surface area contributed by atoms with Crippen LogP contribution in [0.3, 0.4) is 0 Å². The zero-order valence-electron chi connectivity index (χ0n) is 12.2. The monoisotopic (exact) mass is 286 g/mol. The van der Waals surface area contributed by atoms with E-state index in [0.29, 0.717) is 0 Å². The summed E-state index contributed by atoms with van der Waals surface area (Å²) in [5.41, 5.74) is 0.0114. The van der Waals surface area contributed by atoms with Gasteiger partial charge in [-0.3, -0.25) is 0 Å². The number of benzene rings is 2. The minimum atomic E-state index is -0.884. The first-order chi connectivity index (χ1) is 10.1. The summed E-state index contributed by atoms with van der Waals surface area (Å²) in [7, 11) is 0. The van der Waals surface area contributed by atoms with Gasteiger partial charge in [-0.15, -0.1) is 0 Å². The minimum Gasteiger partial charge on any atom is -0.396 e. The van der Waals surface area contributed by atoms with Gasteiger partial charge in [-0.1, -0.05) is 67.6 Å². The van der Waals surface area contributed by atoms with Crippen LogP contribution in [0.2, 0.25) is 0 Å². The van der Waals surface area contributed by atoms with E-state index in [1.54, 1.807) is 6.92 Å². The lowest BCUT2D eigenvalue weighted by Gasteiger charge is -2.47. The number of rotatable bonds is 6. The molecule has 0 aliphatic heterocycles. The van der Waals surface area contributed by atoms with E-state index in [4.69, 9.17) is 0 Å². The van der Waals surface area contributed by atoms with Gasteiger partial charge in [0.2, 0.25) is 0 Å². The first-order valence-corrected chi connectivity index (χ1v) is 7.08. The summed E-state index contributed by atoms with van der Waals surface area (Å²) in [5.74, 6) is 0. The Morgan fingerprint density at radius 1 is 0.667 bits per heavy atom. The molecule has 0 heterocycles. The van der Waals surface area contributed by atoms with Crippen molar-refractivity contribution >= 4 is 0 Å². The molecule has 21 heavy (non-hydrogen) atoms. The highest BCUT2D eigenvalue weighted by molar-refractivity contribution is 5.42. The molecule has 0 radical (unpaired) electrons. The fraction of sp³-hybridized carbons (Fsp3) is 0.333. The van der Waals surface area contributed by atoms with E-state index in [2.05, 4.69) is 0 Å². The summed E-state index contributed by atoms with van der Waals surface area (Å²) in [6.45, 7) is 1.14. The standard InChI is InChI=1S/C18H22O3/c1-17(12-19,13-20)18(14-21,15-8-4-2-5-9-15)16-10-6-3-7-11-16/h2-11,19-21H,12-14H2,1H3. The molecule has 0 amide bonds. The molecule has 0 saturated heterocycles. The van der Waals surface area contributed by atoms with E-state index in [9.17, 15) is 15.3 Å². The van der Waals surface area contributed by atoms with E-state index in [1.165, 1.54) is 0 Å². The van der Waals surface area contributed by atoms with Crippen LogP contribution in [-0.2, 0) is 5.41 Å². The summed E-state index contributed by atoms with van der Waals surface area (Å²) in [6.07, 6.45) is 0. The summed E-state index contributed by atoms with van der Waals surface area (Å²) in [6, 6.07) is 19.1. The quantitative estimate of drug-likeness (QED) is 0.761. The van der Waals surface area contributed by atoms with Crippen LogP contribution in [0.1, 0.15) is 18.1 Å². The molecule has 0 aliphatic rings. The van der Waals surface area contributed by atoms with Crippen molar-refractivity contribution in [2.75, 3.05) is 19.8 Å². The molecule has 0 bridgehead atoms. The van der Waals surface area contributed by atoms with E-state index in [0.717, 1.165) is 11.1 Å². The predicted octanol–water partition coefficient (Wildman–Crippen LogP) is 1.96. The maximum absolute atomic E-state index is 10.3. The second-order valence-electron chi connectivity index (χ2n) is 5.67. The molecule has 0 spiro atoms. The van der Waals surface area contributed by atoms with Gasteiger partial charge in [0, 0.05) is 5.41 Å². The molecule has 0 aliphatic carbocycles. The third-order valence-corrected chi connectivity index (χ3v) is 4.50. The van der Waals surface area contributed by atoms with Crippen LogP contribution in [-0.4, -0.2) is 35.1 Å². The predicted molar refractivity (Wildman–Crippen MR) is 83.0 cm³/mol. The molecule has 0 fully saturated rings. The summed E-state index contributed by atoms with van der Waals surface area (Å²) in [5, 5.41) is 30.1. The number of hydrogen-bond donors (Lipinski definition) is 3. The zero-order valence-corrected chi connectivity index (χ0v) is 12.2. The van der Waals surface area contributed by atoms with Gasteiger partial charge < -0.3 is 15.3 Å². The zero-order chi connectivity index (χ0) is 15.3. The van der Waals surface area contributed by atoms with Crippen molar-refractivity contribution in [3.8, 4) is 0 Å². The van der Waals surface area contributed by atoms with Crippen molar-refractivity contribution in [1.29, 1.82) is 0 Å². The molecule has 3 N–H and O–H groups in total. The van der Waals surface area contributed by atoms with Crippen molar-refractivity contribution in [1.82, 2.24) is 0 Å². The summed E-state index contributed by atoms with van der Waals surface area (Å²) < 4.78 is 0. The third kappa shape index (κ3) is 2.48. The molecule has 0 unspecified atom stereocenters. The van der Waals surface area contributed by atoms with Crippen LogP contribution in [0, 0.1) is 5.41 Å². The first-order valence-electron chi connectivity index (χ1n) is 7.08. The van der Waals surface area contributed by atoms with Crippen LogP contribution >= 0.6 is 0 Å². The highest BCUT2D eigenvalue weighted by Gasteiger charge is 2.49. The molecule has 0 atom stereocenters. The summed E-state index contributed by atoms with van der Waals surface area (Å²) in [4.78, 5) is 0. The maximum atomic E-state index is 10.3. The fourth-order valence-corrected chi connectivity index (χ4v) is 3.00. The van der Waals surface area contributed by atoms with E-state index in [-0.39, 0.29) is 19.8 Å². The molecule has 2 aromatic rings. The second-order valence-corrected chi connectivity index (χ2v) is 5.67. The van der Waals surface area contributed by atoms with Crippen LogP contribution < -0.4 is 0 Å². The number of hydrogen-bond acceptors (Lipinski definition) is 3. The molecule has 2 rings (SSSR count). The molecule has 112 valence electrons. The Morgan fingerprint density at radius 2 is 1.05 bits per heavy atom. The Morgan fingerprint density at radius 3 is 1.33 bits per heavy atom. The molecular formula is C18H22O3. The topological polar surface area (TPSA) is 60.7 Å². The Labute approximate surface area is 125 Å². The van der Waals surface area contributed by atoms with Gasteiger partial charge in [0.1, 0.15) is 0 Å². The normalized spacial score (nSPS) is 12.4. The van der Waals surface area contributed by atoms with Gasteiger partial charge in [-0.05, 0) is 11.1 Å². The van der Waals surface area contributed by atoms with E-state index >= 15 is 0 Å². The Kier molecular flexibility index (Phi) is 4.78. The van der Waals surface area contributed by atoms with Crippen molar-refractivity contribution < 1.29 is 15.3 Å². The molecule has 3 nitrogen and oxygen atoms in total. The molecule has 0 saturated carbocycles. The molecule has 3 heteroatoms. The molecule has 2 aromatic carbocycles. The molecule has 0 aromatic heterocycles. The van der Waals surface area contributed by atoms with Crippen LogP contribution in [0.5, 0.6) is 0 Å². The lowest BCUT2D eigenvalue weighted by atomic mass is 9.58. The first kappa shape index (κ1) is 15.7. The minimum absolute atomic E-state index is 0.196. The lowest BCUT2D eigenvalue weighted by Crippen LogP contribution is -2.52. The smallest absolute Gasteiger partial charge is 0.0575 e. The summed E-state index contributed by atoms with van der Waals surface area (Å²) >= 11 is 0. The Balaban J connectivity index is 2.75. The van der Waals surface area contributed by atoms with Crippen molar-refractivity contribution in [2.45, 2.75) is 12.3 Å². The fourth-order valence-electron chi connectivity index (χ4n) is 3.00. The van der Waals surface area contributed by atoms with Crippen molar-refractivity contribution in [2.24, 2.45) is 5.41 Å². The maximum Gasteiger partial charge on any atom is 0.0575 e. The lowest BCUT2D eigenvalue weighted by molar-refractivity contribution is -0.00967. The van der Waals surface area contributed by atoms with Crippen molar-refractivity contribution in [3.05, 3.63) is 71.8 Å². The average molecular weight is 286 g/mol. The van der Waals surface area contributed by atoms with Gasteiger partial charge >= 0.3 is 0 Å². The Bertz CT molecular complexity index is 508. The van der Waals surface area contributed by atoms with Crippen LogP contribution in [0.15, 0.2) is 60.7 Å². The average Bonchev–Trinajstić information content (AvgIpc) is 2.57. The number of aliphatic hydroxyl groups is 3. The van der Waals surface area contributed by atoms with E-state index < -0.39 is 10.8 Å². The highest BCUT2D eigenvalue weighted by atomic mass is 16.3. The van der Waals surface area contributed by atoms with Gasteiger partial charge in [0.25, 0.3) is 0 Å². The van der Waals surface area contributed by atoms with Gasteiger partial charge in [0.05, 0.1) is 25.2 Å². The van der Waals surface area contributed by atoms with Crippen molar-refractivity contribution in [3.63, 3.8) is 0 Å². The van der Waals surface area contributed by atoms with Gasteiger partial charge in [-0.25, -0.2) is 0 Å². The van der Waals surface area contributed by atoms with E-state index in [1.807, 2.05) is 60.7 Å². The Hall–Kier alpha value is -1.68. The van der Waals surface area contributed by atoms with Gasteiger partial charge in [0.15, 0.2) is 0 Å². The second kappa shape index (κ2) is 6.39. The largest absolute Gasteiger partial charge is 0.396 e. The molecular weight excluding hydrogens is 264 g/mol. The SMILES string of the molecule is CC(CO)(CO)C(CO)(c1ccccc1)c1ccccc1.